The Balaban J connectivity index is 2.58. The van der Waals surface area contributed by atoms with Gasteiger partial charge in [0.05, 0.1) is 18.1 Å². The van der Waals surface area contributed by atoms with Crippen LogP contribution in [-0.4, -0.2) is 12.6 Å². The Morgan fingerprint density at radius 2 is 2.12 bits per heavy atom. The number of carbonyl (C=O) groups is 1. The Morgan fingerprint density at radius 1 is 1.46 bits per heavy atom. The van der Waals surface area contributed by atoms with Gasteiger partial charge in [-0.1, -0.05) is 20.8 Å². The summed E-state index contributed by atoms with van der Waals surface area (Å²) >= 11 is 1.57. The monoisotopic (exact) mass is 346 g/mol. The average molecular weight is 346 g/mol. The number of rotatable bonds is 3. The first kappa shape index (κ1) is 18.1. The third kappa shape index (κ3) is 3.31. The Labute approximate surface area is 146 Å². The van der Waals surface area contributed by atoms with Crippen molar-refractivity contribution in [3.63, 3.8) is 0 Å². The maximum atomic E-state index is 12.4. The highest BCUT2D eigenvalue weighted by Crippen LogP contribution is 2.43. The maximum absolute atomic E-state index is 12.4. The maximum Gasteiger partial charge on any atom is 0.338 e. The van der Waals surface area contributed by atoms with E-state index in [2.05, 4.69) is 26.8 Å². The largest absolute Gasteiger partial charge is 0.463 e. The van der Waals surface area contributed by atoms with Crippen molar-refractivity contribution in [1.29, 1.82) is 5.26 Å². The second kappa shape index (κ2) is 6.70. The van der Waals surface area contributed by atoms with Crippen molar-refractivity contribution in [3.05, 3.63) is 44.7 Å². The lowest BCUT2D eigenvalue weighted by Gasteiger charge is -2.26. The number of esters is 1. The summed E-state index contributed by atoms with van der Waals surface area (Å²) in [5, 5.41) is 9.54. The van der Waals surface area contributed by atoms with Crippen molar-refractivity contribution in [2.24, 2.45) is 5.73 Å². The van der Waals surface area contributed by atoms with Crippen LogP contribution in [0.4, 0.5) is 0 Å². The summed E-state index contributed by atoms with van der Waals surface area (Å²) in [7, 11) is 0. The molecule has 2 heterocycles. The molecule has 5 nitrogen and oxygen atoms in total. The van der Waals surface area contributed by atoms with Gasteiger partial charge in [-0.3, -0.25) is 0 Å². The molecule has 24 heavy (non-hydrogen) atoms. The van der Waals surface area contributed by atoms with E-state index in [4.69, 9.17) is 15.2 Å². The molecule has 0 fully saturated rings. The van der Waals surface area contributed by atoms with E-state index >= 15 is 0 Å². The quantitative estimate of drug-likeness (QED) is 0.844. The van der Waals surface area contributed by atoms with E-state index in [1.807, 2.05) is 12.1 Å². The van der Waals surface area contributed by atoms with Gasteiger partial charge in [0.2, 0.25) is 5.88 Å². The highest BCUT2D eigenvalue weighted by molar-refractivity contribution is 7.12. The SMILES string of the molecule is CCOC(=O)C1=C(C)OC(N)=C(C#N)C1c1ccc(C(C)(C)C)s1. The Morgan fingerprint density at radius 3 is 2.62 bits per heavy atom. The van der Waals surface area contributed by atoms with Crippen molar-refractivity contribution in [2.75, 3.05) is 6.61 Å². The van der Waals surface area contributed by atoms with E-state index < -0.39 is 11.9 Å². The summed E-state index contributed by atoms with van der Waals surface area (Å²) in [6.45, 7) is 10.0. The molecule has 0 saturated carbocycles. The summed E-state index contributed by atoms with van der Waals surface area (Å²) in [6.07, 6.45) is 0. The van der Waals surface area contributed by atoms with Gasteiger partial charge in [-0.2, -0.15) is 5.26 Å². The van der Waals surface area contributed by atoms with Crippen LogP contribution in [0.3, 0.4) is 0 Å². The zero-order chi connectivity index (χ0) is 18.1. The van der Waals surface area contributed by atoms with Crippen molar-refractivity contribution in [1.82, 2.24) is 0 Å². The molecule has 0 spiro atoms. The van der Waals surface area contributed by atoms with E-state index in [-0.39, 0.29) is 23.5 Å². The summed E-state index contributed by atoms with van der Waals surface area (Å²) in [4.78, 5) is 14.5. The first-order chi connectivity index (χ1) is 11.2. The number of nitriles is 1. The molecule has 1 aromatic heterocycles. The van der Waals surface area contributed by atoms with Gasteiger partial charge >= 0.3 is 5.97 Å². The number of nitrogens with two attached hydrogens (primary N) is 1. The van der Waals surface area contributed by atoms with Crippen LogP contribution in [0.15, 0.2) is 34.9 Å². The second-order valence-corrected chi connectivity index (χ2v) is 7.68. The summed E-state index contributed by atoms with van der Waals surface area (Å²) in [6, 6.07) is 6.06. The second-order valence-electron chi connectivity index (χ2n) is 6.57. The van der Waals surface area contributed by atoms with E-state index in [0.29, 0.717) is 11.3 Å². The lowest BCUT2D eigenvalue weighted by Crippen LogP contribution is -2.25. The fourth-order valence-electron chi connectivity index (χ4n) is 2.55. The molecule has 0 radical (unpaired) electrons. The Bertz CT molecular complexity index is 760. The van der Waals surface area contributed by atoms with Crippen LogP contribution >= 0.6 is 11.3 Å². The van der Waals surface area contributed by atoms with Crippen LogP contribution in [0.1, 0.15) is 50.3 Å². The number of hydrogen-bond donors (Lipinski definition) is 1. The number of ether oxygens (including phenoxy) is 2. The Kier molecular flexibility index (Phi) is 5.05. The number of carbonyl (C=O) groups excluding carboxylic acids is 1. The predicted octanol–water partition coefficient (Wildman–Crippen LogP) is 3.69. The molecule has 2 rings (SSSR count). The van der Waals surface area contributed by atoms with E-state index in [1.165, 1.54) is 4.88 Å². The fraction of sp³-hybridized carbons (Fsp3) is 0.444. The van der Waals surface area contributed by atoms with Crippen LogP contribution in [0.5, 0.6) is 0 Å². The number of nitrogens with zero attached hydrogens (tertiary/aromatic N) is 1. The van der Waals surface area contributed by atoms with Crippen LogP contribution in [-0.2, 0) is 19.7 Å². The molecular weight excluding hydrogens is 324 g/mol. The number of hydrogen-bond acceptors (Lipinski definition) is 6. The summed E-state index contributed by atoms with van der Waals surface area (Å²) in [5.74, 6) is -0.616. The lowest BCUT2D eigenvalue weighted by atomic mass is 9.87. The molecule has 128 valence electrons. The van der Waals surface area contributed by atoms with Gasteiger partial charge in [0, 0.05) is 9.75 Å². The standard InChI is InChI=1S/C18H22N2O3S/c1-6-22-17(21)14-10(2)23-16(20)11(9-19)15(14)12-7-8-13(24-12)18(3,4)5/h7-8,15H,6,20H2,1-5H3. The lowest BCUT2D eigenvalue weighted by molar-refractivity contribution is -0.139. The minimum atomic E-state index is -0.552. The predicted molar refractivity (Wildman–Crippen MR) is 93.0 cm³/mol. The highest BCUT2D eigenvalue weighted by Gasteiger charge is 2.37. The van der Waals surface area contributed by atoms with E-state index in [9.17, 15) is 10.1 Å². The van der Waals surface area contributed by atoms with Crippen molar-refractivity contribution in [2.45, 2.75) is 46.0 Å². The van der Waals surface area contributed by atoms with Gasteiger partial charge in [0.25, 0.3) is 0 Å². The topological polar surface area (TPSA) is 85.3 Å². The molecule has 0 amide bonds. The van der Waals surface area contributed by atoms with E-state index in [1.54, 1.807) is 25.2 Å². The minimum Gasteiger partial charge on any atom is -0.463 e. The number of thiophene rings is 1. The molecule has 1 aliphatic heterocycles. The highest BCUT2D eigenvalue weighted by atomic mass is 32.1. The van der Waals surface area contributed by atoms with Gasteiger partial charge < -0.3 is 15.2 Å². The third-order valence-electron chi connectivity index (χ3n) is 3.75. The molecule has 0 aromatic carbocycles. The zero-order valence-corrected chi connectivity index (χ0v) is 15.4. The molecule has 1 unspecified atom stereocenters. The van der Waals surface area contributed by atoms with Gasteiger partial charge in [-0.05, 0) is 31.4 Å². The molecule has 6 heteroatoms. The molecule has 0 bridgehead atoms. The third-order valence-corrected chi connectivity index (χ3v) is 5.33. The summed E-state index contributed by atoms with van der Waals surface area (Å²) in [5.41, 5.74) is 6.45. The van der Waals surface area contributed by atoms with Gasteiger partial charge in [-0.15, -0.1) is 11.3 Å². The molecule has 0 saturated heterocycles. The van der Waals surface area contributed by atoms with Gasteiger partial charge in [0.15, 0.2) is 0 Å². The molecule has 2 N–H and O–H groups in total. The van der Waals surface area contributed by atoms with Gasteiger partial charge in [-0.25, -0.2) is 4.79 Å². The smallest absolute Gasteiger partial charge is 0.338 e. The molecule has 1 aromatic rings. The van der Waals surface area contributed by atoms with Crippen LogP contribution in [0.25, 0.3) is 0 Å². The first-order valence-corrected chi connectivity index (χ1v) is 8.58. The first-order valence-electron chi connectivity index (χ1n) is 7.76. The minimum absolute atomic E-state index is 0.0149. The van der Waals surface area contributed by atoms with Gasteiger partial charge in [0.1, 0.15) is 17.4 Å². The van der Waals surface area contributed by atoms with Crippen molar-refractivity contribution in [3.8, 4) is 6.07 Å². The van der Waals surface area contributed by atoms with Crippen molar-refractivity contribution >= 4 is 17.3 Å². The average Bonchev–Trinajstić information content (AvgIpc) is 2.96. The zero-order valence-electron chi connectivity index (χ0n) is 14.6. The van der Waals surface area contributed by atoms with Crippen molar-refractivity contribution < 1.29 is 14.3 Å². The molecule has 0 aliphatic carbocycles. The molecule has 1 aliphatic rings. The molecule has 1 atom stereocenters. The van der Waals surface area contributed by atoms with E-state index in [0.717, 1.165) is 4.88 Å². The fourth-order valence-corrected chi connectivity index (χ4v) is 3.74. The summed E-state index contributed by atoms with van der Waals surface area (Å²) < 4.78 is 10.6. The molecular formula is C18H22N2O3S. The number of allylic oxidation sites excluding steroid dienone is 2. The normalized spacial score (nSPS) is 18.2. The van der Waals surface area contributed by atoms with Crippen LogP contribution < -0.4 is 5.73 Å². The van der Waals surface area contributed by atoms with Crippen LogP contribution in [0.2, 0.25) is 0 Å². The van der Waals surface area contributed by atoms with Crippen LogP contribution in [0, 0.1) is 11.3 Å². The Hall–Kier alpha value is -2.26.